The molecule has 1 aliphatic rings. The van der Waals surface area contributed by atoms with Crippen molar-refractivity contribution in [2.45, 2.75) is 46.7 Å². The van der Waals surface area contributed by atoms with Crippen LogP contribution < -0.4 is 15.1 Å². The van der Waals surface area contributed by atoms with Gasteiger partial charge in [0.1, 0.15) is 0 Å². The summed E-state index contributed by atoms with van der Waals surface area (Å²) in [4.78, 5) is 9.10. The van der Waals surface area contributed by atoms with Gasteiger partial charge in [-0.15, -0.1) is 0 Å². The van der Waals surface area contributed by atoms with Crippen molar-refractivity contribution in [1.29, 1.82) is 0 Å². The molecule has 190 valence electrons. The van der Waals surface area contributed by atoms with Gasteiger partial charge >= 0.3 is 0 Å². The van der Waals surface area contributed by atoms with Gasteiger partial charge in [-0.3, -0.25) is 4.98 Å². The summed E-state index contributed by atoms with van der Waals surface area (Å²) in [6, 6.07) is 21.4. The van der Waals surface area contributed by atoms with Crippen LogP contribution >= 0.6 is 12.2 Å². The van der Waals surface area contributed by atoms with Gasteiger partial charge < -0.3 is 19.7 Å². The predicted octanol–water partition coefficient (Wildman–Crippen LogP) is 6.66. The molecule has 37 heavy (non-hydrogen) atoms. The molecule has 0 spiro atoms. The Morgan fingerprint density at radius 1 is 0.892 bits per heavy atom. The first kappa shape index (κ1) is 25.0. The molecule has 2 aromatic carbocycles. The standard InChI is InChI=1S/C31H35N5S/c1-19-16-20(2)29(21(3)17-19)35-22(4)18-26(23(35)5)30-28(27-10-8-9-15-32-27)33-31(37)36(30)25-13-11-24(12-14-25)34(6)7/h8-18,28,30H,1-7H3,(H,33,37)/t28-,30-/m0/s1. The highest BCUT2D eigenvalue weighted by Gasteiger charge is 2.42. The Bertz CT molecular complexity index is 1430. The van der Waals surface area contributed by atoms with E-state index in [9.17, 15) is 0 Å². The van der Waals surface area contributed by atoms with E-state index >= 15 is 0 Å². The van der Waals surface area contributed by atoms with Gasteiger partial charge in [-0.1, -0.05) is 23.8 Å². The monoisotopic (exact) mass is 509 g/mol. The lowest BCUT2D eigenvalue weighted by Gasteiger charge is -2.29. The number of nitrogens with zero attached hydrogens (tertiary/aromatic N) is 4. The second-order valence-corrected chi connectivity index (χ2v) is 10.7. The maximum Gasteiger partial charge on any atom is 0.174 e. The molecule has 2 aromatic heterocycles. The molecule has 0 unspecified atom stereocenters. The first-order valence-electron chi connectivity index (χ1n) is 12.7. The lowest BCUT2D eigenvalue weighted by molar-refractivity contribution is 0.565. The van der Waals surface area contributed by atoms with Crippen LogP contribution in [-0.4, -0.2) is 28.8 Å². The number of pyridine rings is 1. The second kappa shape index (κ2) is 9.67. The van der Waals surface area contributed by atoms with Crippen molar-refractivity contribution < 1.29 is 0 Å². The molecular formula is C31H35N5S. The number of rotatable bonds is 5. The van der Waals surface area contributed by atoms with Gasteiger partial charge in [0.05, 0.1) is 23.5 Å². The Balaban J connectivity index is 1.69. The second-order valence-electron chi connectivity index (χ2n) is 10.3. The van der Waals surface area contributed by atoms with E-state index in [1.54, 1.807) is 0 Å². The van der Waals surface area contributed by atoms with Crippen molar-refractivity contribution in [2.75, 3.05) is 23.9 Å². The van der Waals surface area contributed by atoms with E-state index in [0.717, 1.165) is 17.1 Å². The van der Waals surface area contributed by atoms with Crippen LogP contribution in [0.25, 0.3) is 5.69 Å². The van der Waals surface area contributed by atoms with Gasteiger partial charge in [0, 0.05) is 43.1 Å². The van der Waals surface area contributed by atoms with E-state index < -0.39 is 0 Å². The number of hydrogen-bond acceptors (Lipinski definition) is 3. The molecule has 1 aliphatic heterocycles. The molecule has 0 saturated carbocycles. The fraction of sp³-hybridized carbons (Fsp3) is 0.290. The molecular weight excluding hydrogens is 474 g/mol. The fourth-order valence-corrected chi connectivity index (χ4v) is 6.16. The Kier molecular flexibility index (Phi) is 6.54. The van der Waals surface area contributed by atoms with E-state index in [0.29, 0.717) is 5.11 Å². The van der Waals surface area contributed by atoms with Crippen molar-refractivity contribution in [1.82, 2.24) is 14.9 Å². The summed E-state index contributed by atoms with van der Waals surface area (Å²) in [5.41, 5.74) is 12.0. The molecule has 4 aromatic rings. The molecule has 0 radical (unpaired) electrons. The zero-order valence-corrected chi connectivity index (χ0v) is 23.5. The Labute approximate surface area is 225 Å². The molecule has 0 aliphatic carbocycles. The number of anilines is 2. The van der Waals surface area contributed by atoms with E-state index in [2.05, 4.69) is 117 Å². The molecule has 0 amide bonds. The Morgan fingerprint density at radius 3 is 2.16 bits per heavy atom. The van der Waals surface area contributed by atoms with Crippen LogP contribution in [-0.2, 0) is 0 Å². The number of hydrogen-bond donors (Lipinski definition) is 1. The van der Waals surface area contributed by atoms with Gasteiger partial charge in [-0.2, -0.15) is 0 Å². The lowest BCUT2D eigenvalue weighted by atomic mass is 9.96. The smallest absolute Gasteiger partial charge is 0.174 e. The van der Waals surface area contributed by atoms with Crippen LogP contribution in [0, 0.1) is 34.6 Å². The van der Waals surface area contributed by atoms with Crippen LogP contribution in [0.3, 0.4) is 0 Å². The molecule has 2 atom stereocenters. The number of aromatic nitrogens is 2. The van der Waals surface area contributed by atoms with Crippen molar-refractivity contribution in [3.8, 4) is 5.69 Å². The van der Waals surface area contributed by atoms with Crippen LogP contribution in [0.15, 0.2) is 66.9 Å². The van der Waals surface area contributed by atoms with E-state index in [1.165, 1.54) is 39.3 Å². The molecule has 1 saturated heterocycles. The van der Waals surface area contributed by atoms with Gasteiger partial charge in [0.15, 0.2) is 5.11 Å². The van der Waals surface area contributed by atoms with Crippen molar-refractivity contribution >= 4 is 28.7 Å². The van der Waals surface area contributed by atoms with E-state index in [4.69, 9.17) is 17.2 Å². The molecule has 3 heterocycles. The average molecular weight is 510 g/mol. The molecule has 5 nitrogen and oxygen atoms in total. The first-order chi connectivity index (χ1) is 17.7. The van der Waals surface area contributed by atoms with E-state index in [1.807, 2.05) is 18.3 Å². The fourth-order valence-electron chi connectivity index (χ4n) is 5.82. The minimum Gasteiger partial charge on any atom is -0.378 e. The zero-order chi connectivity index (χ0) is 26.4. The minimum absolute atomic E-state index is 0.0429. The van der Waals surface area contributed by atoms with E-state index in [-0.39, 0.29) is 12.1 Å². The molecule has 1 N–H and O–H groups in total. The number of thiocarbonyl (C=S) groups is 1. The Hall–Kier alpha value is -3.64. The molecule has 5 rings (SSSR count). The summed E-state index contributed by atoms with van der Waals surface area (Å²) in [5.74, 6) is 0. The summed E-state index contributed by atoms with van der Waals surface area (Å²) in [7, 11) is 4.11. The van der Waals surface area contributed by atoms with Crippen molar-refractivity contribution in [3.05, 3.63) is 106 Å². The topological polar surface area (TPSA) is 36.3 Å². The summed E-state index contributed by atoms with van der Waals surface area (Å²) in [6.07, 6.45) is 1.86. The summed E-state index contributed by atoms with van der Waals surface area (Å²) < 4.78 is 2.41. The maximum atomic E-state index is 5.96. The summed E-state index contributed by atoms with van der Waals surface area (Å²) >= 11 is 5.96. The third-order valence-corrected chi connectivity index (χ3v) is 7.70. The average Bonchev–Trinajstić information content (AvgIpc) is 3.35. The highest BCUT2D eigenvalue weighted by atomic mass is 32.1. The van der Waals surface area contributed by atoms with Gasteiger partial charge in [0.25, 0.3) is 0 Å². The maximum absolute atomic E-state index is 5.96. The van der Waals surface area contributed by atoms with Crippen molar-refractivity contribution in [2.24, 2.45) is 0 Å². The predicted molar refractivity (Wildman–Crippen MR) is 158 cm³/mol. The summed E-state index contributed by atoms with van der Waals surface area (Å²) in [6.45, 7) is 11.0. The highest BCUT2D eigenvalue weighted by molar-refractivity contribution is 7.80. The SMILES string of the molecule is Cc1cc(C)c(-n2c(C)cc([C@H]3[C@H](c4ccccn4)NC(=S)N3c3ccc(N(C)C)cc3)c2C)c(C)c1. The first-order valence-corrected chi connectivity index (χ1v) is 13.1. The molecule has 6 heteroatoms. The molecule has 1 fully saturated rings. The third-order valence-electron chi connectivity index (χ3n) is 7.39. The van der Waals surface area contributed by atoms with Crippen LogP contribution in [0.2, 0.25) is 0 Å². The minimum atomic E-state index is -0.0728. The highest BCUT2D eigenvalue weighted by Crippen LogP contribution is 2.44. The third kappa shape index (κ3) is 4.40. The molecule has 0 bridgehead atoms. The van der Waals surface area contributed by atoms with Gasteiger partial charge in [-0.05, 0) is 106 Å². The van der Waals surface area contributed by atoms with Gasteiger partial charge in [-0.25, -0.2) is 0 Å². The Morgan fingerprint density at radius 2 is 1.57 bits per heavy atom. The van der Waals surface area contributed by atoms with Crippen molar-refractivity contribution in [3.63, 3.8) is 0 Å². The van der Waals surface area contributed by atoms with Gasteiger partial charge in [0.2, 0.25) is 0 Å². The lowest BCUT2D eigenvalue weighted by Crippen LogP contribution is -2.29. The number of nitrogens with one attached hydrogen (secondary N) is 1. The normalized spacial score (nSPS) is 17.3. The van der Waals surface area contributed by atoms with Crippen LogP contribution in [0.1, 0.15) is 51.4 Å². The largest absolute Gasteiger partial charge is 0.378 e. The number of aryl methyl sites for hydroxylation is 4. The quantitative estimate of drug-likeness (QED) is 0.305. The summed E-state index contributed by atoms with van der Waals surface area (Å²) in [5, 5.41) is 4.32. The zero-order valence-electron chi connectivity index (χ0n) is 22.7. The van der Waals surface area contributed by atoms with Crippen LogP contribution in [0.5, 0.6) is 0 Å². The van der Waals surface area contributed by atoms with Crippen LogP contribution in [0.4, 0.5) is 11.4 Å². The number of benzene rings is 2.